The van der Waals surface area contributed by atoms with Gasteiger partial charge >= 0.3 is 0 Å². The Labute approximate surface area is 163 Å². The molecule has 1 atom stereocenters. The molecule has 1 N–H and O–H groups in total. The van der Waals surface area contributed by atoms with Gasteiger partial charge in [0, 0.05) is 22.7 Å². The molecule has 1 amide bonds. The fraction of sp³-hybridized carbons (Fsp3) is 0.158. The first kappa shape index (κ1) is 19.4. The van der Waals surface area contributed by atoms with Gasteiger partial charge < -0.3 is 9.84 Å². The van der Waals surface area contributed by atoms with E-state index < -0.39 is 22.8 Å². The van der Waals surface area contributed by atoms with Crippen molar-refractivity contribution in [2.75, 3.05) is 5.32 Å². The minimum Gasteiger partial charge on any atom is -0.360 e. The predicted octanol–water partition coefficient (Wildman–Crippen LogP) is 5.53. The van der Waals surface area contributed by atoms with Gasteiger partial charge in [-0.3, -0.25) is 4.79 Å². The number of anilines is 1. The van der Waals surface area contributed by atoms with Crippen LogP contribution in [-0.4, -0.2) is 16.3 Å². The van der Waals surface area contributed by atoms with E-state index in [4.69, 9.17) is 16.1 Å². The quantitative estimate of drug-likeness (QED) is 0.582. The number of nitrogens with one attached hydrogen (secondary N) is 1. The molecule has 0 bridgehead atoms. The van der Waals surface area contributed by atoms with Crippen LogP contribution in [0.2, 0.25) is 5.02 Å². The van der Waals surface area contributed by atoms with Crippen LogP contribution in [0.5, 0.6) is 0 Å². The lowest BCUT2D eigenvalue weighted by atomic mass is 10.1. The highest BCUT2D eigenvalue weighted by molar-refractivity contribution is 7.99. The molecule has 1 aromatic heterocycles. The summed E-state index contributed by atoms with van der Waals surface area (Å²) in [4.78, 5) is 12.2. The van der Waals surface area contributed by atoms with Gasteiger partial charge in [-0.15, -0.1) is 11.8 Å². The Balaban J connectivity index is 1.57. The first-order valence-electron chi connectivity index (χ1n) is 8.01. The molecule has 0 spiro atoms. The van der Waals surface area contributed by atoms with E-state index in [0.717, 1.165) is 23.8 Å². The van der Waals surface area contributed by atoms with Crippen molar-refractivity contribution in [3.8, 4) is 11.3 Å². The van der Waals surface area contributed by atoms with Crippen molar-refractivity contribution in [2.24, 2.45) is 0 Å². The molecule has 4 nitrogen and oxygen atoms in total. The Morgan fingerprint density at radius 3 is 2.70 bits per heavy atom. The summed E-state index contributed by atoms with van der Waals surface area (Å²) in [6, 6.07) is 11.9. The van der Waals surface area contributed by atoms with Crippen LogP contribution in [0.15, 0.2) is 53.1 Å². The summed E-state index contributed by atoms with van der Waals surface area (Å²) in [5.74, 6) is -0.738. The minimum absolute atomic E-state index is 0.183. The molecule has 27 heavy (non-hydrogen) atoms. The van der Waals surface area contributed by atoms with Crippen molar-refractivity contribution in [1.29, 1.82) is 0 Å². The first-order chi connectivity index (χ1) is 12.9. The smallest absolute Gasteiger partial charge is 0.237 e. The minimum atomic E-state index is -0.690. The van der Waals surface area contributed by atoms with E-state index in [1.807, 2.05) is 12.1 Å². The van der Waals surface area contributed by atoms with Crippen molar-refractivity contribution in [1.82, 2.24) is 5.16 Å². The maximum absolute atomic E-state index is 13.6. The lowest BCUT2D eigenvalue weighted by Gasteiger charge is -2.11. The lowest BCUT2D eigenvalue weighted by molar-refractivity contribution is -0.115. The highest BCUT2D eigenvalue weighted by Crippen LogP contribution is 2.25. The average Bonchev–Trinajstić information content (AvgIpc) is 3.12. The number of carbonyl (C=O) groups excluding carboxylic acids is 1. The van der Waals surface area contributed by atoms with Crippen LogP contribution in [-0.2, 0) is 10.5 Å². The van der Waals surface area contributed by atoms with Gasteiger partial charge in [-0.1, -0.05) is 28.9 Å². The zero-order valence-electron chi connectivity index (χ0n) is 14.2. The molecule has 0 aliphatic carbocycles. The van der Waals surface area contributed by atoms with E-state index in [1.165, 1.54) is 11.8 Å². The van der Waals surface area contributed by atoms with Crippen LogP contribution in [0.1, 0.15) is 12.7 Å². The van der Waals surface area contributed by atoms with Crippen LogP contribution in [0.25, 0.3) is 11.3 Å². The topological polar surface area (TPSA) is 55.1 Å². The molecular formula is C19H15ClF2N2O2S. The normalized spacial score (nSPS) is 12.0. The summed E-state index contributed by atoms with van der Waals surface area (Å²) in [5.41, 5.74) is 1.35. The highest BCUT2D eigenvalue weighted by Gasteiger charge is 2.17. The van der Waals surface area contributed by atoms with E-state index in [1.54, 1.807) is 25.1 Å². The molecule has 3 aromatic rings. The second-order valence-corrected chi connectivity index (χ2v) is 7.52. The van der Waals surface area contributed by atoms with Gasteiger partial charge in [0.05, 0.1) is 16.7 Å². The summed E-state index contributed by atoms with van der Waals surface area (Å²) < 4.78 is 32.1. The predicted molar refractivity (Wildman–Crippen MR) is 103 cm³/mol. The van der Waals surface area contributed by atoms with Crippen LogP contribution < -0.4 is 5.32 Å². The monoisotopic (exact) mass is 408 g/mol. The number of nitrogens with zero attached hydrogens (tertiary/aromatic N) is 1. The van der Waals surface area contributed by atoms with Gasteiger partial charge in [-0.2, -0.15) is 0 Å². The number of aromatic nitrogens is 1. The fourth-order valence-electron chi connectivity index (χ4n) is 2.25. The molecule has 0 aliphatic heterocycles. The van der Waals surface area contributed by atoms with Crippen LogP contribution in [0.3, 0.4) is 0 Å². The molecule has 0 saturated heterocycles. The van der Waals surface area contributed by atoms with E-state index in [9.17, 15) is 13.6 Å². The molecule has 3 rings (SSSR count). The number of halogens is 3. The summed E-state index contributed by atoms with van der Waals surface area (Å²) >= 11 is 7.16. The fourth-order valence-corrected chi connectivity index (χ4v) is 3.13. The Morgan fingerprint density at radius 1 is 1.22 bits per heavy atom. The first-order valence-corrected chi connectivity index (χ1v) is 9.44. The maximum Gasteiger partial charge on any atom is 0.237 e. The second kappa shape index (κ2) is 8.54. The third-order valence-corrected chi connectivity index (χ3v) is 5.15. The molecular weight excluding hydrogens is 394 g/mol. The van der Waals surface area contributed by atoms with Crippen molar-refractivity contribution in [2.45, 2.75) is 17.9 Å². The molecule has 0 radical (unpaired) electrons. The lowest BCUT2D eigenvalue weighted by Crippen LogP contribution is -2.23. The van der Waals surface area contributed by atoms with Gasteiger partial charge in [0.15, 0.2) is 0 Å². The molecule has 8 heteroatoms. The molecule has 0 aliphatic rings. The van der Waals surface area contributed by atoms with E-state index in [2.05, 4.69) is 10.5 Å². The summed E-state index contributed by atoms with van der Waals surface area (Å²) in [5, 5.41) is 6.52. The number of hydrogen-bond donors (Lipinski definition) is 1. The van der Waals surface area contributed by atoms with Crippen LogP contribution in [0.4, 0.5) is 14.5 Å². The van der Waals surface area contributed by atoms with Crippen LogP contribution >= 0.6 is 23.4 Å². The number of amides is 1. The van der Waals surface area contributed by atoms with E-state index >= 15 is 0 Å². The number of benzene rings is 2. The maximum atomic E-state index is 13.6. The Kier molecular flexibility index (Phi) is 6.13. The number of carbonyl (C=O) groups is 1. The standard InChI is InChI=1S/C19H15ClF2N2O2S/c1-11(19(25)23-18-8-14(21)6-7-16(18)22)27-10-15-9-17(24-26-15)12-2-4-13(20)5-3-12/h2-9,11H,10H2,1H3,(H,23,25). The van der Waals surface area contributed by atoms with Gasteiger partial charge in [-0.05, 0) is 31.2 Å². The van der Waals surface area contributed by atoms with E-state index in [-0.39, 0.29) is 5.69 Å². The summed E-state index contributed by atoms with van der Waals surface area (Å²) in [6.45, 7) is 1.67. The highest BCUT2D eigenvalue weighted by atomic mass is 35.5. The Hall–Kier alpha value is -2.38. The van der Waals surface area contributed by atoms with Crippen molar-refractivity contribution >= 4 is 35.0 Å². The number of thioether (sulfide) groups is 1. The van der Waals surface area contributed by atoms with Gasteiger partial charge in [0.25, 0.3) is 0 Å². The zero-order valence-corrected chi connectivity index (χ0v) is 15.8. The van der Waals surface area contributed by atoms with Crippen LogP contribution in [0, 0.1) is 11.6 Å². The molecule has 140 valence electrons. The van der Waals surface area contributed by atoms with Gasteiger partial charge in [0.1, 0.15) is 23.1 Å². The SMILES string of the molecule is CC(SCc1cc(-c2ccc(Cl)cc2)no1)C(=O)Nc1cc(F)ccc1F. The Bertz CT molecular complexity index is 947. The molecule has 0 fully saturated rings. The summed E-state index contributed by atoms with van der Waals surface area (Å²) in [7, 11) is 0. The Morgan fingerprint density at radius 2 is 1.96 bits per heavy atom. The summed E-state index contributed by atoms with van der Waals surface area (Å²) in [6.07, 6.45) is 0. The molecule has 2 aromatic carbocycles. The van der Waals surface area contributed by atoms with Crippen molar-refractivity contribution in [3.05, 3.63) is 70.9 Å². The molecule has 0 saturated carbocycles. The number of hydrogen-bond acceptors (Lipinski definition) is 4. The van der Waals surface area contributed by atoms with Crippen molar-refractivity contribution < 1.29 is 18.1 Å². The average molecular weight is 409 g/mol. The van der Waals surface area contributed by atoms with Crippen molar-refractivity contribution in [3.63, 3.8) is 0 Å². The third-order valence-electron chi connectivity index (χ3n) is 3.73. The molecule has 1 heterocycles. The molecule has 1 unspecified atom stereocenters. The second-order valence-electron chi connectivity index (χ2n) is 5.75. The largest absolute Gasteiger partial charge is 0.360 e. The third kappa shape index (κ3) is 5.08. The van der Waals surface area contributed by atoms with Gasteiger partial charge in [-0.25, -0.2) is 8.78 Å². The number of rotatable bonds is 6. The van der Waals surface area contributed by atoms with Gasteiger partial charge in [0.2, 0.25) is 5.91 Å². The van der Waals surface area contributed by atoms with E-state index in [0.29, 0.717) is 22.2 Å². The zero-order chi connectivity index (χ0) is 19.4.